The van der Waals surface area contributed by atoms with Gasteiger partial charge >= 0.3 is 0 Å². The summed E-state index contributed by atoms with van der Waals surface area (Å²) in [4.78, 5) is 1.71. The zero-order valence-electron chi connectivity index (χ0n) is 11.0. The maximum absolute atomic E-state index is 12.3. The molecule has 1 aliphatic heterocycles. The Morgan fingerprint density at radius 3 is 2.59 bits per heavy atom. The molecular weight excluding hydrogens is 226 g/mol. The minimum atomic E-state index is -2.27. The third kappa shape index (κ3) is 5.27. The number of halogens is 2. The second kappa shape index (κ2) is 6.61. The van der Waals surface area contributed by atoms with Crippen molar-refractivity contribution in [1.29, 1.82) is 0 Å². The number of hydrogen-bond acceptors (Lipinski definition) is 3. The standard InChI is InChI=1S/C12H24F2N2O/c1-10(2)15-7-12(4-5-17-9-12)8-16(3)6-11(13)14/h10-11,15H,4-9H2,1-3H3. The molecule has 1 aliphatic rings. The van der Waals surface area contributed by atoms with E-state index in [1.54, 1.807) is 11.9 Å². The number of nitrogens with zero attached hydrogens (tertiary/aromatic N) is 1. The third-order valence-corrected chi connectivity index (χ3v) is 3.13. The smallest absolute Gasteiger partial charge is 0.251 e. The van der Waals surface area contributed by atoms with Crippen LogP contribution in [0.2, 0.25) is 0 Å². The van der Waals surface area contributed by atoms with Gasteiger partial charge in [-0.1, -0.05) is 13.8 Å². The molecule has 0 spiro atoms. The molecule has 1 atom stereocenters. The highest BCUT2D eigenvalue weighted by Gasteiger charge is 2.36. The molecule has 0 saturated carbocycles. The lowest BCUT2D eigenvalue weighted by molar-refractivity contribution is 0.0661. The van der Waals surface area contributed by atoms with E-state index in [0.717, 1.165) is 19.6 Å². The summed E-state index contributed by atoms with van der Waals surface area (Å²) in [6, 6.07) is 0.410. The van der Waals surface area contributed by atoms with Crippen LogP contribution in [-0.4, -0.2) is 57.3 Å². The zero-order chi connectivity index (χ0) is 12.9. The minimum absolute atomic E-state index is 0.00604. The van der Waals surface area contributed by atoms with Crippen LogP contribution < -0.4 is 5.32 Å². The molecule has 102 valence electrons. The highest BCUT2D eigenvalue weighted by atomic mass is 19.3. The number of rotatable bonds is 7. The van der Waals surface area contributed by atoms with E-state index in [2.05, 4.69) is 19.2 Å². The van der Waals surface area contributed by atoms with Gasteiger partial charge in [-0.3, -0.25) is 0 Å². The maximum Gasteiger partial charge on any atom is 0.251 e. The topological polar surface area (TPSA) is 24.5 Å². The Kier molecular flexibility index (Phi) is 5.76. The Hall–Kier alpha value is -0.260. The van der Waals surface area contributed by atoms with Crippen LogP contribution in [0.4, 0.5) is 8.78 Å². The van der Waals surface area contributed by atoms with Gasteiger partial charge in [0.05, 0.1) is 13.2 Å². The molecule has 0 aromatic heterocycles. The average Bonchev–Trinajstić information content (AvgIpc) is 2.62. The Morgan fingerprint density at radius 1 is 1.41 bits per heavy atom. The third-order valence-electron chi connectivity index (χ3n) is 3.13. The fraction of sp³-hybridized carbons (Fsp3) is 1.00. The zero-order valence-corrected chi connectivity index (χ0v) is 11.0. The van der Waals surface area contributed by atoms with E-state index in [1.165, 1.54) is 0 Å². The molecule has 3 nitrogen and oxygen atoms in total. The number of nitrogens with one attached hydrogen (secondary N) is 1. The lowest BCUT2D eigenvalue weighted by Crippen LogP contribution is -2.46. The predicted octanol–water partition coefficient (Wildman–Crippen LogP) is 1.59. The first kappa shape index (κ1) is 14.8. The summed E-state index contributed by atoms with van der Waals surface area (Å²) >= 11 is 0. The fourth-order valence-corrected chi connectivity index (χ4v) is 2.26. The van der Waals surface area contributed by atoms with Crippen molar-refractivity contribution in [2.45, 2.75) is 32.7 Å². The second-order valence-electron chi connectivity index (χ2n) is 5.43. The highest BCUT2D eigenvalue weighted by molar-refractivity contribution is 4.88. The Bertz CT molecular complexity index is 219. The second-order valence-corrected chi connectivity index (χ2v) is 5.43. The van der Waals surface area contributed by atoms with Gasteiger partial charge in [0.2, 0.25) is 0 Å². The molecule has 0 aromatic rings. The molecule has 0 aromatic carbocycles. The van der Waals surface area contributed by atoms with E-state index >= 15 is 0 Å². The Morgan fingerprint density at radius 2 is 2.12 bits per heavy atom. The van der Waals surface area contributed by atoms with Gasteiger partial charge in [0.25, 0.3) is 6.43 Å². The van der Waals surface area contributed by atoms with E-state index in [1.807, 2.05) is 0 Å². The first-order chi connectivity index (χ1) is 7.93. The molecule has 5 heteroatoms. The van der Waals surface area contributed by atoms with Crippen molar-refractivity contribution in [2.75, 3.05) is 39.9 Å². The summed E-state index contributed by atoms with van der Waals surface area (Å²) < 4.78 is 30.1. The number of alkyl halides is 2. The van der Waals surface area contributed by atoms with Crippen LogP contribution in [0.5, 0.6) is 0 Å². The van der Waals surface area contributed by atoms with Crippen molar-refractivity contribution in [3.05, 3.63) is 0 Å². The van der Waals surface area contributed by atoms with Gasteiger partial charge in [-0.05, 0) is 13.5 Å². The molecule has 1 rings (SSSR count). The van der Waals surface area contributed by atoms with Crippen molar-refractivity contribution in [1.82, 2.24) is 10.2 Å². The molecule has 1 N–H and O–H groups in total. The van der Waals surface area contributed by atoms with Crippen molar-refractivity contribution in [2.24, 2.45) is 5.41 Å². The van der Waals surface area contributed by atoms with Crippen LogP contribution in [-0.2, 0) is 4.74 Å². The van der Waals surface area contributed by atoms with Gasteiger partial charge < -0.3 is 15.0 Å². The molecule has 1 fully saturated rings. The molecule has 17 heavy (non-hydrogen) atoms. The van der Waals surface area contributed by atoms with Gasteiger partial charge in [0.1, 0.15) is 0 Å². The minimum Gasteiger partial charge on any atom is -0.381 e. The fourth-order valence-electron chi connectivity index (χ4n) is 2.26. The summed E-state index contributed by atoms with van der Waals surface area (Å²) in [5.41, 5.74) is -0.00604. The number of ether oxygens (including phenoxy) is 1. The van der Waals surface area contributed by atoms with Crippen LogP contribution in [0.3, 0.4) is 0 Å². The molecule has 1 heterocycles. The number of hydrogen-bond donors (Lipinski definition) is 1. The van der Waals surface area contributed by atoms with Crippen molar-refractivity contribution in [3.63, 3.8) is 0 Å². The van der Waals surface area contributed by atoms with Gasteiger partial charge in [-0.2, -0.15) is 0 Å². The Labute approximate surface area is 103 Å². The van der Waals surface area contributed by atoms with Crippen LogP contribution in [0, 0.1) is 5.41 Å². The van der Waals surface area contributed by atoms with Crippen LogP contribution in [0.25, 0.3) is 0 Å². The van der Waals surface area contributed by atoms with Crippen molar-refractivity contribution >= 4 is 0 Å². The molecular formula is C12H24F2N2O. The monoisotopic (exact) mass is 250 g/mol. The quantitative estimate of drug-likeness (QED) is 0.742. The van der Waals surface area contributed by atoms with E-state index < -0.39 is 6.43 Å². The van der Waals surface area contributed by atoms with Crippen LogP contribution in [0.1, 0.15) is 20.3 Å². The average molecular weight is 250 g/mol. The first-order valence-corrected chi connectivity index (χ1v) is 6.21. The SMILES string of the molecule is CC(C)NCC1(CN(C)CC(F)F)CCOC1. The Balaban J connectivity index is 2.46. The van der Waals surface area contributed by atoms with Crippen molar-refractivity contribution in [3.8, 4) is 0 Å². The largest absolute Gasteiger partial charge is 0.381 e. The maximum atomic E-state index is 12.3. The normalized spacial score (nSPS) is 25.4. The molecule has 0 bridgehead atoms. The van der Waals surface area contributed by atoms with Gasteiger partial charge in [-0.25, -0.2) is 8.78 Å². The molecule has 0 radical (unpaired) electrons. The van der Waals surface area contributed by atoms with E-state index in [0.29, 0.717) is 19.2 Å². The highest BCUT2D eigenvalue weighted by Crippen LogP contribution is 2.29. The van der Waals surface area contributed by atoms with Crippen molar-refractivity contribution < 1.29 is 13.5 Å². The molecule has 0 aliphatic carbocycles. The summed E-state index contributed by atoms with van der Waals surface area (Å²) in [6.07, 6.45) is -1.32. The predicted molar refractivity (Wildman–Crippen MR) is 64.5 cm³/mol. The van der Waals surface area contributed by atoms with E-state index in [-0.39, 0.29) is 12.0 Å². The van der Waals surface area contributed by atoms with Gasteiger partial charge in [0, 0.05) is 31.2 Å². The van der Waals surface area contributed by atoms with Gasteiger partial charge in [0.15, 0.2) is 0 Å². The lowest BCUT2D eigenvalue weighted by Gasteiger charge is -2.33. The summed E-state index contributed by atoms with van der Waals surface area (Å²) in [6.45, 7) is 6.92. The van der Waals surface area contributed by atoms with E-state index in [9.17, 15) is 8.78 Å². The van der Waals surface area contributed by atoms with E-state index in [4.69, 9.17) is 4.74 Å². The first-order valence-electron chi connectivity index (χ1n) is 6.21. The summed E-state index contributed by atoms with van der Waals surface area (Å²) in [5.74, 6) is 0. The molecule has 1 unspecified atom stereocenters. The van der Waals surface area contributed by atoms with Crippen LogP contribution >= 0.6 is 0 Å². The summed E-state index contributed by atoms with van der Waals surface area (Å²) in [5, 5.41) is 3.39. The van der Waals surface area contributed by atoms with Gasteiger partial charge in [-0.15, -0.1) is 0 Å². The van der Waals surface area contributed by atoms with Crippen LogP contribution in [0.15, 0.2) is 0 Å². The lowest BCUT2D eigenvalue weighted by atomic mass is 9.86. The molecule has 1 saturated heterocycles. The summed E-state index contributed by atoms with van der Waals surface area (Å²) in [7, 11) is 1.75. The molecule has 0 amide bonds.